The van der Waals surface area contributed by atoms with Gasteiger partial charge in [0.1, 0.15) is 22.4 Å². The van der Waals surface area contributed by atoms with Crippen molar-refractivity contribution in [2.45, 2.75) is 78.1 Å². The van der Waals surface area contributed by atoms with Crippen LogP contribution < -0.4 is 10.3 Å². The van der Waals surface area contributed by atoms with Crippen molar-refractivity contribution >= 4 is 44.8 Å². The summed E-state index contributed by atoms with van der Waals surface area (Å²) in [5, 5.41) is 9.61. The van der Waals surface area contributed by atoms with Crippen molar-refractivity contribution in [3.63, 3.8) is 0 Å². The van der Waals surface area contributed by atoms with Gasteiger partial charge in [-0.25, -0.2) is 14.8 Å². The van der Waals surface area contributed by atoms with Crippen LogP contribution in [0.25, 0.3) is 11.2 Å². The summed E-state index contributed by atoms with van der Waals surface area (Å²) >= 11 is 3.35. The maximum atomic E-state index is 13.8. The highest BCUT2D eigenvalue weighted by Gasteiger charge is 2.47. The fourth-order valence-electron chi connectivity index (χ4n) is 4.85. The second kappa shape index (κ2) is 8.83. The number of piperazine rings is 1. The number of carboxylic acid groups (broad SMARTS) is 1. The van der Waals surface area contributed by atoms with Crippen LogP contribution in [-0.4, -0.2) is 67.4 Å². The number of fused-ring (bicyclic) bond motifs is 2. The Kier molecular flexibility index (Phi) is 6.34. The molecule has 34 heavy (non-hydrogen) atoms. The molecule has 0 unspecified atom stereocenters. The zero-order valence-corrected chi connectivity index (χ0v) is 21.7. The second-order valence-electron chi connectivity index (χ2n) is 9.81. The van der Waals surface area contributed by atoms with Gasteiger partial charge in [0.15, 0.2) is 11.2 Å². The van der Waals surface area contributed by atoms with E-state index in [-0.39, 0.29) is 41.3 Å². The van der Waals surface area contributed by atoms with E-state index < -0.39 is 11.6 Å². The van der Waals surface area contributed by atoms with Gasteiger partial charge in [0.25, 0.3) is 0 Å². The molecule has 4 rings (SSSR count). The molecule has 184 valence electrons. The van der Waals surface area contributed by atoms with Crippen LogP contribution in [0.4, 0.5) is 10.5 Å². The molecule has 1 aliphatic heterocycles. The summed E-state index contributed by atoms with van der Waals surface area (Å²) in [7, 11) is 0. The quantitative estimate of drug-likeness (QED) is 0.634. The lowest BCUT2D eigenvalue weighted by atomic mass is 9.81. The molecular formula is C23H30BrN5O5. The van der Waals surface area contributed by atoms with Crippen LogP contribution in [0.5, 0.6) is 0 Å². The lowest BCUT2D eigenvalue weighted by Gasteiger charge is -2.54. The highest BCUT2D eigenvalue weighted by molar-refractivity contribution is 9.10. The number of carbonyl (C=O) groups is 2. The van der Waals surface area contributed by atoms with E-state index in [0.717, 1.165) is 12.8 Å². The summed E-state index contributed by atoms with van der Waals surface area (Å²) in [4.78, 5) is 51.0. The number of ether oxygens (including phenoxy) is 1. The summed E-state index contributed by atoms with van der Waals surface area (Å²) in [6.45, 7) is 9.71. The van der Waals surface area contributed by atoms with Crippen molar-refractivity contribution in [1.82, 2.24) is 19.4 Å². The van der Waals surface area contributed by atoms with E-state index in [2.05, 4.69) is 25.9 Å². The molecule has 0 spiro atoms. The van der Waals surface area contributed by atoms with Gasteiger partial charge in [-0.2, -0.15) is 0 Å². The fourth-order valence-corrected chi connectivity index (χ4v) is 5.12. The standard InChI is InChI=1S/C23H30BrN5O5/c1-6-13-18(19(32)17-21(29(13)11-16(30)31)25-12(2)20(24)26-17)27-9-10-28(15-8-7-14(15)27)22(33)34-23(3,4)5/h14-15H,6-11H2,1-5H3,(H,30,31)/t14-,15-/m0/s1. The van der Waals surface area contributed by atoms with Crippen LogP contribution >= 0.6 is 15.9 Å². The van der Waals surface area contributed by atoms with Gasteiger partial charge in [-0.05, 0) is 62.9 Å². The van der Waals surface area contributed by atoms with E-state index >= 15 is 0 Å². The SMILES string of the molecule is CCc1c(N2CCN(C(=O)OC(C)(C)C)[C@H]3CC[C@@H]32)c(=O)c2nc(Br)c(C)nc2n1CC(=O)O. The predicted octanol–water partition coefficient (Wildman–Crippen LogP) is 3.10. The highest BCUT2D eigenvalue weighted by Crippen LogP contribution is 2.38. The minimum Gasteiger partial charge on any atom is -0.480 e. The third kappa shape index (κ3) is 4.25. The lowest BCUT2D eigenvalue weighted by Crippen LogP contribution is -2.67. The van der Waals surface area contributed by atoms with E-state index in [0.29, 0.717) is 41.2 Å². The molecule has 2 aromatic rings. The van der Waals surface area contributed by atoms with Gasteiger partial charge in [-0.15, -0.1) is 0 Å². The normalized spacial score (nSPS) is 20.2. The zero-order valence-electron chi connectivity index (χ0n) is 20.1. The third-order valence-corrected chi connectivity index (χ3v) is 7.16. The molecule has 0 bridgehead atoms. The molecule has 2 atom stereocenters. The molecule has 0 radical (unpaired) electrons. The highest BCUT2D eigenvalue weighted by atomic mass is 79.9. The maximum Gasteiger partial charge on any atom is 0.410 e. The number of hydrogen-bond donors (Lipinski definition) is 1. The zero-order chi connectivity index (χ0) is 24.9. The van der Waals surface area contributed by atoms with Crippen molar-refractivity contribution in [2.24, 2.45) is 0 Å². The Morgan fingerprint density at radius 3 is 2.41 bits per heavy atom. The van der Waals surface area contributed by atoms with E-state index in [1.54, 1.807) is 16.4 Å². The number of aryl methyl sites for hydroxylation is 1. The first kappa shape index (κ1) is 24.4. The summed E-state index contributed by atoms with van der Waals surface area (Å²) in [5.41, 5.74) is 1.20. The molecule has 1 saturated carbocycles. The number of aromatic nitrogens is 3. The van der Waals surface area contributed by atoms with Crippen molar-refractivity contribution in [2.75, 3.05) is 18.0 Å². The lowest BCUT2D eigenvalue weighted by molar-refractivity contribution is -0.137. The number of amides is 1. The predicted molar refractivity (Wildman–Crippen MR) is 130 cm³/mol. The van der Waals surface area contributed by atoms with E-state index in [1.807, 2.05) is 32.6 Å². The molecule has 2 fully saturated rings. The number of aliphatic carboxylic acids is 1. The molecule has 1 N–H and O–H groups in total. The van der Waals surface area contributed by atoms with Gasteiger partial charge < -0.3 is 24.2 Å². The molecule has 2 aliphatic rings. The van der Waals surface area contributed by atoms with Gasteiger partial charge in [0.2, 0.25) is 5.43 Å². The van der Waals surface area contributed by atoms with E-state index in [4.69, 9.17) is 4.74 Å². The summed E-state index contributed by atoms with van der Waals surface area (Å²) in [6.07, 6.45) is 1.76. The minimum atomic E-state index is -1.02. The van der Waals surface area contributed by atoms with E-state index in [9.17, 15) is 19.5 Å². The summed E-state index contributed by atoms with van der Waals surface area (Å²) in [6, 6.07) is -0.107. The van der Waals surface area contributed by atoms with Gasteiger partial charge in [-0.1, -0.05) is 6.92 Å². The number of carboxylic acids is 1. The fraction of sp³-hybridized carbons (Fsp3) is 0.609. The van der Waals surface area contributed by atoms with E-state index in [1.165, 1.54) is 0 Å². The average molecular weight is 536 g/mol. The van der Waals surface area contributed by atoms with Gasteiger partial charge >= 0.3 is 12.1 Å². The van der Waals surface area contributed by atoms with Crippen molar-refractivity contribution < 1.29 is 19.4 Å². The summed E-state index contributed by atoms with van der Waals surface area (Å²) < 4.78 is 7.64. The largest absolute Gasteiger partial charge is 0.480 e. The number of rotatable bonds is 4. The van der Waals surface area contributed by atoms with Gasteiger partial charge in [0, 0.05) is 24.8 Å². The third-order valence-electron chi connectivity index (χ3n) is 6.41. The number of nitrogens with zero attached hydrogens (tertiary/aromatic N) is 5. The molecule has 2 aromatic heterocycles. The van der Waals surface area contributed by atoms with Crippen LogP contribution in [0, 0.1) is 6.92 Å². The Morgan fingerprint density at radius 2 is 1.85 bits per heavy atom. The van der Waals surface area contributed by atoms with Gasteiger partial charge in [-0.3, -0.25) is 9.59 Å². The Morgan fingerprint density at radius 1 is 1.18 bits per heavy atom. The first-order valence-electron chi connectivity index (χ1n) is 11.5. The molecule has 1 saturated heterocycles. The molecule has 10 nitrogen and oxygen atoms in total. The van der Waals surface area contributed by atoms with Crippen LogP contribution in [0.1, 0.15) is 51.9 Å². The van der Waals surface area contributed by atoms with Crippen molar-refractivity contribution in [1.29, 1.82) is 0 Å². The Bertz CT molecular complexity index is 1220. The molecule has 3 heterocycles. The molecular weight excluding hydrogens is 506 g/mol. The number of carbonyl (C=O) groups excluding carboxylic acids is 1. The number of halogens is 1. The monoisotopic (exact) mass is 535 g/mol. The minimum absolute atomic E-state index is 0.0446. The topological polar surface area (TPSA) is 118 Å². The van der Waals surface area contributed by atoms with Crippen LogP contribution in [-0.2, 0) is 22.5 Å². The van der Waals surface area contributed by atoms with Crippen LogP contribution in [0.15, 0.2) is 9.40 Å². The Labute approximate surface area is 206 Å². The molecule has 1 aliphatic carbocycles. The second-order valence-corrected chi connectivity index (χ2v) is 10.6. The van der Waals surface area contributed by atoms with Crippen LogP contribution in [0.2, 0.25) is 0 Å². The van der Waals surface area contributed by atoms with Crippen LogP contribution in [0.3, 0.4) is 0 Å². The average Bonchev–Trinajstić information content (AvgIpc) is 2.70. The number of pyridine rings is 1. The van der Waals surface area contributed by atoms with Gasteiger partial charge in [0.05, 0.1) is 11.7 Å². The van der Waals surface area contributed by atoms with Crippen molar-refractivity contribution in [3.05, 3.63) is 26.2 Å². The summed E-state index contributed by atoms with van der Waals surface area (Å²) in [5.74, 6) is -1.02. The Balaban J connectivity index is 1.81. The maximum absolute atomic E-state index is 13.8. The molecule has 1 amide bonds. The van der Waals surface area contributed by atoms with Crippen molar-refractivity contribution in [3.8, 4) is 0 Å². The molecule has 11 heteroatoms. The first-order valence-corrected chi connectivity index (χ1v) is 12.3. The molecule has 0 aromatic carbocycles. The first-order chi connectivity index (χ1) is 15.9. The Hall–Kier alpha value is -2.69. The number of anilines is 1. The number of hydrogen-bond acceptors (Lipinski definition) is 7. The smallest absolute Gasteiger partial charge is 0.410 e.